The van der Waals surface area contributed by atoms with Crippen molar-refractivity contribution >= 4 is 34.2 Å². The van der Waals surface area contributed by atoms with Crippen molar-refractivity contribution in [1.82, 2.24) is 5.32 Å². The van der Waals surface area contributed by atoms with E-state index in [1.807, 2.05) is 19.1 Å². The Kier molecular flexibility index (Phi) is 6.29. The molecule has 1 aromatic carbocycles. The Morgan fingerprint density at radius 2 is 2.16 bits per heavy atom. The van der Waals surface area contributed by atoms with Gasteiger partial charge in [-0.15, -0.1) is 23.2 Å². The van der Waals surface area contributed by atoms with E-state index in [1.165, 1.54) is 6.54 Å². The molecule has 1 heterocycles. The van der Waals surface area contributed by atoms with Crippen molar-refractivity contribution < 1.29 is 29.0 Å². The molecular weight excluding hydrogens is 374 g/mol. The van der Waals surface area contributed by atoms with Gasteiger partial charge in [0.05, 0.1) is 6.26 Å². The summed E-state index contributed by atoms with van der Waals surface area (Å²) >= 11 is 11.8. The van der Waals surface area contributed by atoms with Crippen molar-refractivity contribution in [2.75, 3.05) is 6.54 Å². The number of alkyl halides is 2. The van der Waals surface area contributed by atoms with Crippen LogP contribution in [0.5, 0.6) is 0 Å². The first kappa shape index (κ1) is 16.9. The molecule has 105 valence electrons. The molecule has 3 nitrogen and oxygen atoms in total. The summed E-state index contributed by atoms with van der Waals surface area (Å²) in [6.07, 6.45) is 1.60. The van der Waals surface area contributed by atoms with Crippen molar-refractivity contribution in [3.63, 3.8) is 0 Å². The van der Waals surface area contributed by atoms with Crippen LogP contribution >= 0.6 is 23.2 Å². The predicted octanol–water partition coefficient (Wildman–Crippen LogP) is 3.19. The molecule has 2 rings (SSSR count). The molecule has 0 saturated carbocycles. The van der Waals surface area contributed by atoms with Gasteiger partial charge in [0.2, 0.25) is 0 Å². The van der Waals surface area contributed by atoms with Gasteiger partial charge in [-0.25, -0.2) is 6.54 Å². The molecule has 0 amide bonds. The standard InChI is InChI=1S/C13H14Cl2NO2.Ru/c1-2-16-8-13(17,12(14)15)10-3-4-11-9(7-10)5-6-18-11;/h3-8,12,16-17H,2H2,1H3;/q-1;+1. The minimum absolute atomic E-state index is 0. The molecule has 0 fully saturated rings. The second kappa shape index (κ2) is 7.05. The first-order valence-corrected chi connectivity index (χ1v) is 6.51. The summed E-state index contributed by atoms with van der Waals surface area (Å²) in [5.74, 6) is 0. The zero-order valence-corrected chi connectivity index (χ0v) is 13.5. The number of rotatable bonds is 5. The molecule has 2 N–H and O–H groups in total. The number of furan rings is 1. The zero-order valence-electron chi connectivity index (χ0n) is 10.2. The number of nitrogens with one attached hydrogen (secondary N) is 1. The molecule has 0 aliphatic carbocycles. The summed E-state index contributed by atoms with van der Waals surface area (Å²) < 4.78 is 5.25. The Morgan fingerprint density at radius 1 is 1.42 bits per heavy atom. The number of aliphatic hydroxyl groups is 1. The molecule has 1 unspecified atom stereocenters. The van der Waals surface area contributed by atoms with Gasteiger partial charge in [-0.1, -0.05) is 13.0 Å². The maximum Gasteiger partial charge on any atom is 1.00 e. The van der Waals surface area contributed by atoms with Gasteiger partial charge in [0.25, 0.3) is 0 Å². The van der Waals surface area contributed by atoms with Crippen LogP contribution in [0.25, 0.3) is 11.0 Å². The third-order valence-corrected chi connectivity index (χ3v) is 3.44. The van der Waals surface area contributed by atoms with Gasteiger partial charge in [-0.3, -0.25) is 0 Å². The quantitative estimate of drug-likeness (QED) is 0.470. The molecule has 1 atom stereocenters. The number of hydrogen-bond donors (Lipinski definition) is 2. The van der Waals surface area contributed by atoms with Crippen LogP contribution in [0.1, 0.15) is 12.5 Å². The van der Waals surface area contributed by atoms with E-state index in [1.54, 1.807) is 18.4 Å². The Hall–Kier alpha value is -0.117. The molecule has 1 aromatic heterocycles. The summed E-state index contributed by atoms with van der Waals surface area (Å²) in [7, 11) is 0. The molecule has 19 heavy (non-hydrogen) atoms. The summed E-state index contributed by atoms with van der Waals surface area (Å²) in [5.41, 5.74) is -0.0671. The van der Waals surface area contributed by atoms with Gasteiger partial charge in [0.1, 0.15) is 10.4 Å². The fourth-order valence-corrected chi connectivity index (χ4v) is 2.12. The normalized spacial score (nSPS) is 14.4. The van der Waals surface area contributed by atoms with Gasteiger partial charge in [-0.05, 0) is 30.3 Å². The topological polar surface area (TPSA) is 45.4 Å². The fourth-order valence-electron chi connectivity index (χ4n) is 1.75. The van der Waals surface area contributed by atoms with E-state index in [-0.39, 0.29) is 19.5 Å². The smallest absolute Gasteiger partial charge is 0.467 e. The molecular formula is C13H14Cl2NO2Ru. The molecule has 0 saturated heterocycles. The largest absolute Gasteiger partial charge is 1.00 e. The molecule has 0 aliphatic rings. The minimum Gasteiger partial charge on any atom is -0.467 e. The van der Waals surface area contributed by atoms with Gasteiger partial charge in [-0.2, -0.15) is 0 Å². The third-order valence-electron chi connectivity index (χ3n) is 2.77. The predicted molar refractivity (Wildman–Crippen MR) is 73.6 cm³/mol. The molecule has 0 bridgehead atoms. The number of benzene rings is 1. The Bertz CT molecular complexity index is 532. The van der Waals surface area contributed by atoms with E-state index in [9.17, 15) is 5.11 Å². The van der Waals surface area contributed by atoms with Gasteiger partial charge < -0.3 is 14.8 Å². The van der Waals surface area contributed by atoms with Crippen molar-refractivity contribution in [3.05, 3.63) is 42.6 Å². The molecule has 1 radical (unpaired) electrons. The summed E-state index contributed by atoms with van der Waals surface area (Å²) in [5, 5.41) is 14.4. The van der Waals surface area contributed by atoms with Crippen LogP contribution < -0.4 is 5.32 Å². The van der Waals surface area contributed by atoms with Crippen molar-refractivity contribution in [3.8, 4) is 0 Å². The van der Waals surface area contributed by atoms with E-state index in [0.29, 0.717) is 12.1 Å². The SMILES string of the molecule is CCN[CH-]C(O)(c1ccc2occc2c1)C(Cl)Cl.[Ru+]. The number of hydrogen-bond acceptors (Lipinski definition) is 3. The molecule has 6 heteroatoms. The average Bonchev–Trinajstić information content (AvgIpc) is 2.82. The summed E-state index contributed by atoms with van der Waals surface area (Å²) in [4.78, 5) is -0.971. The van der Waals surface area contributed by atoms with Crippen LogP contribution in [0.2, 0.25) is 0 Å². The van der Waals surface area contributed by atoms with Gasteiger partial charge >= 0.3 is 19.5 Å². The van der Waals surface area contributed by atoms with Crippen LogP contribution in [0.3, 0.4) is 0 Å². The number of fused-ring (bicyclic) bond motifs is 1. The van der Waals surface area contributed by atoms with Crippen LogP contribution in [0.15, 0.2) is 34.9 Å². The first-order chi connectivity index (χ1) is 8.58. The maximum absolute atomic E-state index is 10.6. The second-order valence-corrected chi connectivity index (χ2v) is 5.10. The third kappa shape index (κ3) is 3.50. The van der Waals surface area contributed by atoms with E-state index in [4.69, 9.17) is 27.6 Å². The zero-order chi connectivity index (χ0) is 13.2. The van der Waals surface area contributed by atoms with Crippen molar-refractivity contribution in [2.45, 2.75) is 17.4 Å². The number of likely N-dealkylation sites (N-methyl/N-ethyl adjacent to an activating group) is 1. The van der Waals surface area contributed by atoms with Crippen molar-refractivity contribution in [2.24, 2.45) is 0 Å². The van der Waals surface area contributed by atoms with E-state index < -0.39 is 10.4 Å². The molecule has 0 spiro atoms. The molecule has 0 aliphatic heterocycles. The fraction of sp³-hybridized carbons (Fsp3) is 0.308. The monoisotopic (exact) mass is 388 g/mol. The maximum atomic E-state index is 10.6. The Morgan fingerprint density at radius 3 is 2.79 bits per heavy atom. The van der Waals surface area contributed by atoms with Crippen LogP contribution in [-0.2, 0) is 25.1 Å². The number of halogens is 2. The Labute approximate surface area is 135 Å². The first-order valence-electron chi connectivity index (χ1n) is 5.64. The second-order valence-electron chi connectivity index (χ2n) is 4.00. The van der Waals surface area contributed by atoms with E-state index in [0.717, 1.165) is 11.0 Å². The van der Waals surface area contributed by atoms with Gasteiger partial charge in [0, 0.05) is 11.0 Å². The van der Waals surface area contributed by atoms with Crippen molar-refractivity contribution in [1.29, 1.82) is 0 Å². The molecule has 2 aromatic rings. The summed E-state index contributed by atoms with van der Waals surface area (Å²) in [6.45, 7) is 4.11. The van der Waals surface area contributed by atoms with Crippen LogP contribution in [0, 0.1) is 6.54 Å². The average molecular weight is 388 g/mol. The van der Waals surface area contributed by atoms with Gasteiger partial charge in [0.15, 0.2) is 0 Å². The van der Waals surface area contributed by atoms with E-state index in [2.05, 4.69) is 5.32 Å². The Balaban J connectivity index is 0.00000180. The summed E-state index contributed by atoms with van der Waals surface area (Å²) in [6, 6.07) is 7.16. The van der Waals surface area contributed by atoms with Crippen LogP contribution in [0.4, 0.5) is 0 Å². The minimum atomic E-state index is -1.44. The van der Waals surface area contributed by atoms with Crippen LogP contribution in [-0.4, -0.2) is 16.5 Å². The van der Waals surface area contributed by atoms with E-state index >= 15 is 0 Å².